The van der Waals surface area contributed by atoms with Crippen LogP contribution in [0.5, 0.6) is 0 Å². The van der Waals surface area contributed by atoms with Gasteiger partial charge in [-0.2, -0.15) is 0 Å². The molecule has 1 rings (SSSR count). The zero-order valence-electron chi connectivity index (χ0n) is 5.38. The fraction of sp³-hybridized carbons (Fsp3) is 0.500. The molecule has 10 heavy (non-hydrogen) atoms. The Hall–Kier alpha value is -0.880. The van der Waals surface area contributed by atoms with Crippen LogP contribution in [0.25, 0.3) is 0 Å². The highest BCUT2D eigenvalue weighted by atomic mass is 32.1. The maximum absolute atomic E-state index is 10.4. The molecule has 0 aromatic rings. The standard InChI is InChI=1S/C4H7N3O2S/c1-3(8)6-7-2-5-4(10)9-7/h2H2,1H3,(H,5,10)(H,6,8). The number of rotatable bonds is 1. The number of nitrogens with one attached hydrogen (secondary N) is 2. The van der Waals surface area contributed by atoms with Crippen molar-refractivity contribution in [3.05, 3.63) is 0 Å². The van der Waals surface area contributed by atoms with Crippen molar-refractivity contribution in [1.82, 2.24) is 15.9 Å². The van der Waals surface area contributed by atoms with Gasteiger partial charge < -0.3 is 10.2 Å². The molecule has 0 atom stereocenters. The second-order valence-electron chi connectivity index (χ2n) is 1.76. The van der Waals surface area contributed by atoms with Gasteiger partial charge in [-0.1, -0.05) is 0 Å². The lowest BCUT2D eigenvalue weighted by molar-refractivity contribution is -0.142. The molecule has 1 amide bonds. The number of carbonyl (C=O) groups is 1. The molecule has 0 aromatic carbocycles. The molecular weight excluding hydrogens is 154 g/mol. The van der Waals surface area contributed by atoms with Crippen LogP contribution in [-0.4, -0.2) is 22.9 Å². The summed E-state index contributed by atoms with van der Waals surface area (Å²) >= 11 is 4.62. The molecule has 0 radical (unpaired) electrons. The number of hydrogen-bond acceptors (Lipinski definition) is 4. The average Bonchev–Trinajstić information content (AvgIpc) is 2.13. The molecule has 6 heteroatoms. The van der Waals surface area contributed by atoms with Crippen molar-refractivity contribution in [2.24, 2.45) is 0 Å². The maximum Gasteiger partial charge on any atom is 0.282 e. The third-order valence-corrected chi connectivity index (χ3v) is 1.06. The minimum Gasteiger partial charge on any atom is -0.354 e. The van der Waals surface area contributed by atoms with Gasteiger partial charge in [-0.25, -0.2) is 0 Å². The molecule has 56 valence electrons. The molecule has 1 heterocycles. The van der Waals surface area contributed by atoms with Gasteiger partial charge in [0.1, 0.15) is 6.67 Å². The second-order valence-corrected chi connectivity index (χ2v) is 2.13. The van der Waals surface area contributed by atoms with Crippen LogP contribution in [0.1, 0.15) is 6.92 Å². The summed E-state index contributed by atoms with van der Waals surface area (Å²) in [4.78, 5) is 15.2. The molecule has 0 spiro atoms. The van der Waals surface area contributed by atoms with Crippen molar-refractivity contribution < 1.29 is 9.63 Å². The van der Waals surface area contributed by atoms with Crippen LogP contribution in [0.15, 0.2) is 0 Å². The van der Waals surface area contributed by atoms with E-state index in [1.54, 1.807) is 0 Å². The first-order valence-corrected chi connectivity index (χ1v) is 3.10. The van der Waals surface area contributed by atoms with Gasteiger partial charge in [0.15, 0.2) is 0 Å². The van der Waals surface area contributed by atoms with Crippen LogP contribution in [0, 0.1) is 0 Å². The van der Waals surface area contributed by atoms with Gasteiger partial charge in [0.05, 0.1) is 0 Å². The Kier molecular flexibility index (Phi) is 2.03. The zero-order valence-corrected chi connectivity index (χ0v) is 6.20. The minimum absolute atomic E-state index is 0.188. The maximum atomic E-state index is 10.4. The quantitative estimate of drug-likeness (QED) is 0.489. The van der Waals surface area contributed by atoms with Crippen molar-refractivity contribution in [3.8, 4) is 0 Å². The van der Waals surface area contributed by atoms with Crippen molar-refractivity contribution in [3.63, 3.8) is 0 Å². The Morgan fingerprint density at radius 3 is 3.10 bits per heavy atom. The first kappa shape index (κ1) is 7.23. The lowest BCUT2D eigenvalue weighted by atomic mass is 10.8. The van der Waals surface area contributed by atoms with Crippen molar-refractivity contribution >= 4 is 23.3 Å². The van der Waals surface area contributed by atoms with Crippen LogP contribution in [0.2, 0.25) is 0 Å². The summed E-state index contributed by atoms with van der Waals surface area (Å²) < 4.78 is 0. The Bertz CT molecular complexity index is 172. The molecule has 0 bridgehead atoms. The zero-order chi connectivity index (χ0) is 7.56. The molecule has 5 nitrogen and oxygen atoms in total. The Morgan fingerprint density at radius 2 is 2.70 bits per heavy atom. The van der Waals surface area contributed by atoms with E-state index < -0.39 is 0 Å². The van der Waals surface area contributed by atoms with Crippen LogP contribution in [0.3, 0.4) is 0 Å². The highest BCUT2D eigenvalue weighted by molar-refractivity contribution is 7.80. The fourth-order valence-corrected chi connectivity index (χ4v) is 0.693. The highest BCUT2D eigenvalue weighted by Crippen LogP contribution is 1.92. The molecule has 0 saturated carbocycles. The van der Waals surface area contributed by atoms with E-state index in [1.165, 1.54) is 12.1 Å². The summed E-state index contributed by atoms with van der Waals surface area (Å²) in [5.41, 5.74) is 2.39. The molecular formula is C4H7N3O2S. The molecule has 1 fully saturated rings. The normalized spacial score (nSPS) is 17.9. The number of hydrogen-bond donors (Lipinski definition) is 2. The molecule has 1 aliphatic heterocycles. The summed E-state index contributed by atoms with van der Waals surface area (Å²) in [6.45, 7) is 1.78. The smallest absolute Gasteiger partial charge is 0.282 e. The Labute approximate surface area is 63.2 Å². The van der Waals surface area contributed by atoms with Crippen LogP contribution in [-0.2, 0) is 9.63 Å². The molecule has 1 aliphatic rings. The van der Waals surface area contributed by atoms with E-state index in [0.717, 1.165) is 0 Å². The number of hydroxylamine groups is 1. The van der Waals surface area contributed by atoms with E-state index in [9.17, 15) is 4.79 Å². The van der Waals surface area contributed by atoms with Crippen LogP contribution in [0.4, 0.5) is 0 Å². The first-order valence-electron chi connectivity index (χ1n) is 2.69. The third kappa shape index (κ3) is 1.82. The molecule has 1 saturated heterocycles. The predicted molar refractivity (Wildman–Crippen MR) is 37.3 cm³/mol. The Morgan fingerprint density at radius 1 is 2.00 bits per heavy atom. The van der Waals surface area contributed by atoms with E-state index in [0.29, 0.717) is 6.67 Å². The minimum atomic E-state index is -0.188. The van der Waals surface area contributed by atoms with Crippen molar-refractivity contribution in [2.75, 3.05) is 6.67 Å². The fourth-order valence-electron chi connectivity index (χ4n) is 0.539. The molecule has 0 unspecified atom stereocenters. The van der Waals surface area contributed by atoms with E-state index in [1.807, 2.05) is 0 Å². The third-order valence-electron chi connectivity index (χ3n) is 0.842. The van der Waals surface area contributed by atoms with E-state index >= 15 is 0 Å². The number of hydrazine groups is 1. The van der Waals surface area contributed by atoms with Gasteiger partial charge in [-0.05, 0) is 17.4 Å². The highest BCUT2D eigenvalue weighted by Gasteiger charge is 2.16. The molecule has 0 aromatic heterocycles. The van der Waals surface area contributed by atoms with Gasteiger partial charge in [0, 0.05) is 6.92 Å². The molecule has 2 N–H and O–H groups in total. The van der Waals surface area contributed by atoms with Crippen LogP contribution < -0.4 is 10.7 Å². The summed E-state index contributed by atoms with van der Waals surface area (Å²) in [6.07, 6.45) is 0. The predicted octanol–water partition coefficient (Wildman–Crippen LogP) is -0.883. The lowest BCUT2D eigenvalue weighted by Crippen LogP contribution is -2.38. The topological polar surface area (TPSA) is 53.6 Å². The summed E-state index contributed by atoms with van der Waals surface area (Å²) in [6, 6.07) is 0. The lowest BCUT2D eigenvalue weighted by Gasteiger charge is -2.10. The van der Waals surface area contributed by atoms with Crippen molar-refractivity contribution in [2.45, 2.75) is 6.92 Å². The largest absolute Gasteiger partial charge is 0.354 e. The van der Waals surface area contributed by atoms with Gasteiger partial charge >= 0.3 is 0 Å². The monoisotopic (exact) mass is 161 g/mol. The summed E-state index contributed by atoms with van der Waals surface area (Å²) in [7, 11) is 0. The average molecular weight is 161 g/mol. The number of thiocarbonyl (C=S) groups is 1. The van der Waals surface area contributed by atoms with E-state index in [2.05, 4.69) is 23.0 Å². The first-order chi connectivity index (χ1) is 4.68. The summed E-state index contributed by atoms with van der Waals surface area (Å²) in [5.74, 6) is -0.188. The Balaban J connectivity index is 2.31. The van der Waals surface area contributed by atoms with Gasteiger partial charge in [-0.15, -0.1) is 0 Å². The van der Waals surface area contributed by atoms with E-state index in [-0.39, 0.29) is 11.1 Å². The number of carbonyl (C=O) groups excluding carboxylic acids is 1. The van der Waals surface area contributed by atoms with Crippen LogP contribution >= 0.6 is 12.2 Å². The number of nitrogens with zero attached hydrogens (tertiary/aromatic N) is 1. The second kappa shape index (κ2) is 2.80. The van der Waals surface area contributed by atoms with Gasteiger partial charge in [-0.3, -0.25) is 10.2 Å². The van der Waals surface area contributed by atoms with Gasteiger partial charge in [0.2, 0.25) is 5.91 Å². The van der Waals surface area contributed by atoms with Gasteiger partial charge in [0.25, 0.3) is 5.17 Å². The van der Waals surface area contributed by atoms with Crippen molar-refractivity contribution in [1.29, 1.82) is 0 Å². The SMILES string of the molecule is CC(=O)NN1CNC(=S)O1. The summed E-state index contributed by atoms with van der Waals surface area (Å²) in [5, 5.41) is 4.19. The van der Waals surface area contributed by atoms with E-state index in [4.69, 9.17) is 4.84 Å². The molecule has 0 aliphatic carbocycles. The number of amides is 1.